The zero-order valence-corrected chi connectivity index (χ0v) is 11.1. The Labute approximate surface area is 108 Å². The van der Waals surface area contributed by atoms with Crippen molar-refractivity contribution in [3.05, 3.63) is 0 Å². The Hall–Kier alpha value is -0.410. The molecule has 0 aromatic carbocycles. The highest BCUT2D eigenvalue weighted by Crippen LogP contribution is 2.23. The summed E-state index contributed by atoms with van der Waals surface area (Å²) in [6.45, 7) is -0.500. The van der Waals surface area contributed by atoms with E-state index in [-0.39, 0.29) is 22.5 Å². The lowest BCUT2D eigenvalue weighted by molar-refractivity contribution is -0.119. The molecule has 5 nitrogen and oxygen atoms in total. The van der Waals surface area contributed by atoms with Crippen LogP contribution in [0.1, 0.15) is 6.42 Å². The number of alkyl halides is 2. The summed E-state index contributed by atoms with van der Waals surface area (Å²) in [6.07, 6.45) is -4.25. The van der Waals surface area contributed by atoms with Gasteiger partial charge in [-0.05, 0) is 6.42 Å². The van der Waals surface area contributed by atoms with Gasteiger partial charge < -0.3 is 10.4 Å². The van der Waals surface area contributed by atoms with Gasteiger partial charge in [-0.1, -0.05) is 0 Å². The maximum Gasteiger partial charge on any atom is 0.265 e. The van der Waals surface area contributed by atoms with E-state index in [2.05, 4.69) is 5.32 Å². The molecule has 0 aliphatic carbocycles. The highest BCUT2D eigenvalue weighted by Gasteiger charge is 2.28. The molecule has 1 fully saturated rings. The highest BCUT2D eigenvalue weighted by molar-refractivity contribution is 8.02. The fraction of sp³-hybridized carbons (Fsp3) is 0.889. The largest absolute Gasteiger partial charge is 0.385 e. The van der Waals surface area contributed by atoms with Gasteiger partial charge in [0.1, 0.15) is 6.10 Å². The lowest BCUT2D eigenvalue weighted by Crippen LogP contribution is -2.37. The van der Waals surface area contributed by atoms with Crippen molar-refractivity contribution in [3.63, 3.8) is 0 Å². The van der Waals surface area contributed by atoms with E-state index in [1.165, 1.54) is 11.8 Å². The first-order chi connectivity index (χ1) is 8.30. The summed E-state index contributed by atoms with van der Waals surface area (Å²) in [6, 6.07) is 0. The number of nitrogens with one attached hydrogen (secondary N) is 1. The van der Waals surface area contributed by atoms with Crippen LogP contribution in [-0.2, 0) is 14.6 Å². The second kappa shape index (κ2) is 6.67. The quantitative estimate of drug-likeness (QED) is 0.701. The highest BCUT2D eigenvalue weighted by atomic mass is 32.2. The molecular formula is C9H15F2NO4S2. The van der Waals surface area contributed by atoms with Crippen LogP contribution in [0.2, 0.25) is 0 Å². The van der Waals surface area contributed by atoms with Crippen molar-refractivity contribution < 1.29 is 27.1 Å². The minimum Gasteiger partial charge on any atom is -0.385 e. The zero-order valence-electron chi connectivity index (χ0n) is 9.51. The first-order valence-corrected chi connectivity index (χ1v) is 8.22. The molecule has 106 valence electrons. The molecule has 2 N–H and O–H groups in total. The summed E-state index contributed by atoms with van der Waals surface area (Å²) in [7, 11) is -2.97. The number of rotatable bonds is 6. The fourth-order valence-corrected chi connectivity index (χ4v) is 4.92. The number of hydrogen-bond acceptors (Lipinski definition) is 5. The van der Waals surface area contributed by atoms with E-state index in [4.69, 9.17) is 5.11 Å². The number of halogens is 2. The molecule has 2 atom stereocenters. The SMILES string of the molecule is O=C(CSC1CCS(=O)(=O)C1)NCC(O)C(F)F. The minimum atomic E-state index is -2.97. The Balaban J connectivity index is 2.18. The lowest BCUT2D eigenvalue weighted by Gasteiger charge is -2.11. The average molecular weight is 303 g/mol. The Morgan fingerprint density at radius 3 is 2.67 bits per heavy atom. The van der Waals surface area contributed by atoms with E-state index in [1.54, 1.807) is 0 Å². The zero-order chi connectivity index (χ0) is 13.8. The third kappa shape index (κ3) is 5.49. The van der Waals surface area contributed by atoms with Crippen LogP contribution < -0.4 is 5.32 Å². The van der Waals surface area contributed by atoms with Crippen molar-refractivity contribution in [2.24, 2.45) is 0 Å². The first kappa shape index (κ1) is 15.6. The van der Waals surface area contributed by atoms with Gasteiger partial charge in [0.05, 0.1) is 17.3 Å². The molecule has 1 amide bonds. The van der Waals surface area contributed by atoms with E-state index in [0.717, 1.165) is 0 Å². The van der Waals surface area contributed by atoms with Crippen molar-refractivity contribution in [1.82, 2.24) is 5.32 Å². The predicted octanol–water partition coefficient (Wildman–Crippen LogP) is -0.351. The van der Waals surface area contributed by atoms with E-state index >= 15 is 0 Å². The van der Waals surface area contributed by atoms with Crippen LogP contribution in [-0.4, -0.2) is 61.0 Å². The van der Waals surface area contributed by atoms with Crippen LogP contribution in [0.3, 0.4) is 0 Å². The summed E-state index contributed by atoms with van der Waals surface area (Å²) < 4.78 is 46.1. The molecule has 0 spiro atoms. The third-order valence-electron chi connectivity index (χ3n) is 2.44. The van der Waals surface area contributed by atoms with Gasteiger partial charge in [0.15, 0.2) is 9.84 Å². The Morgan fingerprint density at radius 2 is 2.17 bits per heavy atom. The lowest BCUT2D eigenvalue weighted by atomic mass is 10.4. The van der Waals surface area contributed by atoms with Crippen LogP contribution in [0.15, 0.2) is 0 Å². The summed E-state index contributed by atoms with van der Waals surface area (Å²) in [5, 5.41) is 10.8. The van der Waals surface area contributed by atoms with Gasteiger partial charge in [-0.2, -0.15) is 0 Å². The second-order valence-corrected chi connectivity index (χ2v) is 7.56. The van der Waals surface area contributed by atoms with Crippen molar-refractivity contribution in [1.29, 1.82) is 0 Å². The Bertz CT molecular complexity index is 388. The van der Waals surface area contributed by atoms with Crippen LogP contribution in [0.25, 0.3) is 0 Å². The van der Waals surface area contributed by atoms with Crippen molar-refractivity contribution in [2.45, 2.75) is 24.2 Å². The van der Waals surface area contributed by atoms with Crippen molar-refractivity contribution >= 4 is 27.5 Å². The molecule has 0 saturated carbocycles. The normalized spacial score (nSPS) is 24.1. The molecule has 9 heteroatoms. The Kier molecular flexibility index (Phi) is 5.80. The van der Waals surface area contributed by atoms with Crippen LogP contribution in [0.5, 0.6) is 0 Å². The Morgan fingerprint density at radius 1 is 1.50 bits per heavy atom. The number of amides is 1. The standard InChI is InChI=1S/C9H15F2NO4S2/c10-9(11)7(13)3-12-8(14)4-17-6-1-2-18(15,16)5-6/h6-7,9,13H,1-5H2,(H,12,14). The van der Waals surface area contributed by atoms with Gasteiger partial charge in [-0.15, -0.1) is 11.8 Å². The topological polar surface area (TPSA) is 83.5 Å². The van der Waals surface area contributed by atoms with Crippen molar-refractivity contribution in [2.75, 3.05) is 23.8 Å². The first-order valence-electron chi connectivity index (χ1n) is 5.35. The van der Waals surface area contributed by atoms with Gasteiger partial charge in [0, 0.05) is 11.8 Å². The van der Waals surface area contributed by atoms with Crippen LogP contribution in [0, 0.1) is 0 Å². The molecule has 0 aromatic rings. The molecule has 18 heavy (non-hydrogen) atoms. The fourth-order valence-electron chi connectivity index (χ4n) is 1.44. The number of aliphatic hydroxyl groups excluding tert-OH is 1. The van der Waals surface area contributed by atoms with Crippen molar-refractivity contribution in [3.8, 4) is 0 Å². The number of carbonyl (C=O) groups is 1. The van der Waals surface area contributed by atoms with E-state index < -0.39 is 34.8 Å². The number of aliphatic hydroxyl groups is 1. The van der Waals surface area contributed by atoms with Crippen LogP contribution in [0.4, 0.5) is 8.78 Å². The number of sulfone groups is 1. The van der Waals surface area contributed by atoms with E-state index in [0.29, 0.717) is 6.42 Å². The molecule has 0 radical (unpaired) electrons. The minimum absolute atomic E-state index is 0.0101. The number of carbonyl (C=O) groups excluding carboxylic acids is 1. The maximum absolute atomic E-state index is 11.9. The third-order valence-corrected chi connectivity index (χ3v) is 5.72. The summed E-state index contributed by atoms with van der Waals surface area (Å²) in [5.41, 5.74) is 0. The summed E-state index contributed by atoms with van der Waals surface area (Å²) >= 11 is 1.19. The average Bonchev–Trinajstić information content (AvgIpc) is 2.62. The maximum atomic E-state index is 11.9. The molecule has 1 rings (SSSR count). The molecule has 0 bridgehead atoms. The molecule has 1 saturated heterocycles. The molecule has 1 heterocycles. The second-order valence-electron chi connectivity index (χ2n) is 4.04. The monoisotopic (exact) mass is 303 g/mol. The van der Waals surface area contributed by atoms with Gasteiger partial charge >= 0.3 is 0 Å². The molecule has 2 unspecified atom stereocenters. The number of thioether (sulfide) groups is 1. The van der Waals surface area contributed by atoms with Gasteiger partial charge in [0.2, 0.25) is 5.91 Å². The van der Waals surface area contributed by atoms with Gasteiger partial charge in [-0.25, -0.2) is 17.2 Å². The van der Waals surface area contributed by atoms with E-state index in [1.807, 2.05) is 0 Å². The predicted molar refractivity (Wildman–Crippen MR) is 64.5 cm³/mol. The van der Waals surface area contributed by atoms with Gasteiger partial charge in [0.25, 0.3) is 6.43 Å². The van der Waals surface area contributed by atoms with Gasteiger partial charge in [-0.3, -0.25) is 4.79 Å². The molecular weight excluding hydrogens is 288 g/mol. The van der Waals surface area contributed by atoms with Crippen LogP contribution >= 0.6 is 11.8 Å². The smallest absolute Gasteiger partial charge is 0.265 e. The number of hydrogen-bond donors (Lipinski definition) is 2. The summed E-state index contributed by atoms with van der Waals surface area (Å²) in [5.74, 6) is -0.277. The van der Waals surface area contributed by atoms with E-state index in [9.17, 15) is 22.0 Å². The molecule has 1 aliphatic heterocycles. The summed E-state index contributed by atoms with van der Waals surface area (Å²) in [4.78, 5) is 11.3. The molecule has 0 aromatic heterocycles. The molecule has 1 aliphatic rings.